The summed E-state index contributed by atoms with van der Waals surface area (Å²) in [6, 6.07) is 10.9. The molecule has 1 aliphatic heterocycles. The molecule has 2 aromatic heterocycles. The van der Waals surface area contributed by atoms with Gasteiger partial charge in [0.1, 0.15) is 0 Å². The topological polar surface area (TPSA) is 81.0 Å². The summed E-state index contributed by atoms with van der Waals surface area (Å²) >= 11 is 0. The lowest BCUT2D eigenvalue weighted by Crippen LogP contribution is -2.19. The average Bonchev–Trinajstić information content (AvgIpc) is 3.12. The van der Waals surface area contributed by atoms with Gasteiger partial charge in [-0.2, -0.15) is 4.98 Å². The number of hydrogen-bond donors (Lipinski definition) is 1. The normalized spacial score (nSPS) is 14.9. The molecule has 3 aromatic rings. The van der Waals surface area contributed by atoms with E-state index in [1.54, 1.807) is 6.07 Å². The molecule has 1 N–H and O–H groups in total. The van der Waals surface area contributed by atoms with E-state index in [4.69, 9.17) is 9.26 Å². The van der Waals surface area contributed by atoms with Gasteiger partial charge in [0.05, 0.1) is 18.8 Å². The summed E-state index contributed by atoms with van der Waals surface area (Å²) in [5.41, 5.74) is 2.51. The van der Waals surface area contributed by atoms with Crippen molar-refractivity contribution in [1.82, 2.24) is 15.1 Å². The number of H-pyrrole nitrogens is 1. The van der Waals surface area contributed by atoms with E-state index >= 15 is 0 Å². The third-order valence-corrected chi connectivity index (χ3v) is 4.18. The number of nitrogens with zero attached hydrogens (tertiary/aromatic N) is 2. The Hall–Kier alpha value is -2.80. The molecule has 4 rings (SSSR count). The minimum atomic E-state index is -1.43. The van der Waals surface area contributed by atoms with Crippen LogP contribution in [-0.2, 0) is 24.2 Å². The number of rotatable bonds is 4. The van der Waals surface area contributed by atoms with E-state index in [1.807, 2.05) is 30.3 Å². The highest BCUT2D eigenvalue weighted by Gasteiger charge is 2.22. The van der Waals surface area contributed by atoms with Crippen LogP contribution in [0.2, 0.25) is 0 Å². The van der Waals surface area contributed by atoms with Gasteiger partial charge < -0.3 is 14.2 Å². The van der Waals surface area contributed by atoms with Crippen LogP contribution in [0, 0.1) is 0 Å². The Kier molecular flexibility index (Phi) is 4.15. The van der Waals surface area contributed by atoms with Crippen LogP contribution in [0.25, 0.3) is 11.4 Å². The van der Waals surface area contributed by atoms with Gasteiger partial charge in [-0.05, 0) is 17.2 Å². The van der Waals surface area contributed by atoms with Gasteiger partial charge in [-0.25, -0.2) is 4.39 Å². The largest absolute Gasteiger partial charge is 0.376 e. The fourth-order valence-electron chi connectivity index (χ4n) is 2.87. The average molecular weight is 341 g/mol. The van der Waals surface area contributed by atoms with Crippen molar-refractivity contribution in [1.29, 1.82) is 0 Å². The summed E-state index contributed by atoms with van der Waals surface area (Å²) in [5, 5.41) is 3.77. The van der Waals surface area contributed by atoms with Gasteiger partial charge in [0.15, 0.2) is 6.17 Å². The Morgan fingerprint density at radius 3 is 2.96 bits per heavy atom. The van der Waals surface area contributed by atoms with E-state index in [0.29, 0.717) is 19.6 Å². The van der Waals surface area contributed by atoms with E-state index in [2.05, 4.69) is 15.1 Å². The molecule has 0 spiro atoms. The number of pyridine rings is 1. The summed E-state index contributed by atoms with van der Waals surface area (Å²) in [6.45, 7) is 1.00. The lowest BCUT2D eigenvalue weighted by Gasteiger charge is -2.15. The number of aromatic amines is 1. The van der Waals surface area contributed by atoms with Crippen molar-refractivity contribution in [3.05, 3.63) is 69.5 Å². The molecular weight excluding hydrogens is 325 g/mol. The maximum Gasteiger partial charge on any atom is 0.261 e. The summed E-state index contributed by atoms with van der Waals surface area (Å²) < 4.78 is 24.8. The molecule has 1 unspecified atom stereocenters. The van der Waals surface area contributed by atoms with E-state index in [1.165, 1.54) is 0 Å². The molecule has 0 radical (unpaired) electrons. The summed E-state index contributed by atoms with van der Waals surface area (Å²) in [4.78, 5) is 19.1. The standard InChI is InChI=1S/C18H16FN3O3/c19-14(8-11-4-2-1-3-5-11)18-21-16(22-25-18)13-9-12-10-24-7-6-15(12)20-17(13)23/h1-5,9,14H,6-8,10H2,(H,20,23). The number of benzene rings is 1. The number of nitrogens with one attached hydrogen (secondary N) is 1. The Bertz CT molecular complexity index is 936. The third kappa shape index (κ3) is 3.23. The molecule has 0 saturated heterocycles. The SMILES string of the molecule is O=c1[nH]c2c(cc1-c1noc(C(F)Cc3ccccc3)n1)COCC2. The highest BCUT2D eigenvalue weighted by molar-refractivity contribution is 5.54. The van der Waals surface area contributed by atoms with E-state index < -0.39 is 6.17 Å². The molecule has 6 nitrogen and oxygen atoms in total. The maximum atomic E-state index is 14.4. The highest BCUT2D eigenvalue weighted by atomic mass is 19.1. The summed E-state index contributed by atoms with van der Waals surface area (Å²) in [7, 11) is 0. The minimum Gasteiger partial charge on any atom is -0.376 e. The first-order valence-corrected chi connectivity index (χ1v) is 8.05. The van der Waals surface area contributed by atoms with Crippen molar-refractivity contribution < 1.29 is 13.7 Å². The molecular formula is C18H16FN3O3. The molecule has 7 heteroatoms. The highest BCUT2D eigenvalue weighted by Crippen LogP contribution is 2.24. The third-order valence-electron chi connectivity index (χ3n) is 4.18. The monoisotopic (exact) mass is 341 g/mol. The molecule has 3 heterocycles. The molecule has 0 fully saturated rings. The number of fused-ring (bicyclic) bond motifs is 1. The van der Waals surface area contributed by atoms with Crippen LogP contribution in [0.4, 0.5) is 4.39 Å². The van der Waals surface area contributed by atoms with Gasteiger partial charge in [0.25, 0.3) is 11.4 Å². The van der Waals surface area contributed by atoms with Crippen molar-refractivity contribution in [2.45, 2.75) is 25.6 Å². The van der Waals surface area contributed by atoms with Gasteiger partial charge in [-0.3, -0.25) is 4.79 Å². The molecule has 25 heavy (non-hydrogen) atoms. The smallest absolute Gasteiger partial charge is 0.261 e. The van der Waals surface area contributed by atoms with Gasteiger partial charge in [0, 0.05) is 18.5 Å². The molecule has 0 saturated carbocycles. The number of alkyl halides is 1. The van der Waals surface area contributed by atoms with Gasteiger partial charge in [0.2, 0.25) is 5.82 Å². The Labute approximate surface area is 142 Å². The summed E-state index contributed by atoms with van der Waals surface area (Å²) in [6.07, 6.45) is -0.633. The van der Waals surface area contributed by atoms with Gasteiger partial charge in [-0.1, -0.05) is 35.5 Å². The lowest BCUT2D eigenvalue weighted by molar-refractivity contribution is 0.109. The van der Waals surface area contributed by atoms with Crippen LogP contribution in [0.3, 0.4) is 0 Å². The first-order valence-electron chi connectivity index (χ1n) is 8.05. The number of aromatic nitrogens is 3. The lowest BCUT2D eigenvalue weighted by atomic mass is 10.1. The zero-order chi connectivity index (χ0) is 17.2. The van der Waals surface area contributed by atoms with Crippen molar-refractivity contribution in [3.63, 3.8) is 0 Å². The first kappa shape index (κ1) is 15.7. The van der Waals surface area contributed by atoms with Gasteiger partial charge >= 0.3 is 0 Å². The van der Waals surface area contributed by atoms with E-state index in [9.17, 15) is 9.18 Å². The molecule has 1 aliphatic rings. The second-order valence-electron chi connectivity index (χ2n) is 5.93. The van der Waals surface area contributed by atoms with Crippen molar-refractivity contribution in [2.24, 2.45) is 0 Å². The molecule has 0 amide bonds. The maximum absolute atomic E-state index is 14.4. The van der Waals surface area contributed by atoms with Crippen LogP contribution in [0.1, 0.15) is 28.9 Å². The molecule has 0 bridgehead atoms. The zero-order valence-electron chi connectivity index (χ0n) is 13.4. The minimum absolute atomic E-state index is 0.0836. The van der Waals surface area contributed by atoms with Gasteiger partial charge in [-0.15, -0.1) is 0 Å². The van der Waals surface area contributed by atoms with E-state index in [-0.39, 0.29) is 29.3 Å². The van der Waals surface area contributed by atoms with Crippen LogP contribution >= 0.6 is 0 Å². The quantitative estimate of drug-likeness (QED) is 0.789. The predicted molar refractivity (Wildman–Crippen MR) is 87.7 cm³/mol. The molecule has 1 atom stereocenters. The van der Waals surface area contributed by atoms with Crippen molar-refractivity contribution in [2.75, 3.05) is 6.61 Å². The van der Waals surface area contributed by atoms with Crippen LogP contribution in [-0.4, -0.2) is 21.7 Å². The molecule has 0 aliphatic carbocycles. The number of halogens is 1. The van der Waals surface area contributed by atoms with Crippen molar-refractivity contribution in [3.8, 4) is 11.4 Å². The molecule has 1 aromatic carbocycles. The van der Waals surface area contributed by atoms with E-state index in [0.717, 1.165) is 16.8 Å². The fraction of sp³-hybridized carbons (Fsp3) is 0.278. The van der Waals surface area contributed by atoms with Crippen LogP contribution < -0.4 is 5.56 Å². The molecule has 128 valence electrons. The second-order valence-corrected chi connectivity index (χ2v) is 5.93. The number of hydrogen-bond acceptors (Lipinski definition) is 5. The Morgan fingerprint density at radius 2 is 2.12 bits per heavy atom. The Balaban J connectivity index is 1.60. The first-order chi connectivity index (χ1) is 12.2. The number of ether oxygens (including phenoxy) is 1. The summed E-state index contributed by atoms with van der Waals surface area (Å²) in [5.74, 6) is -0.0486. The predicted octanol–water partition coefficient (Wildman–Crippen LogP) is 2.75. The van der Waals surface area contributed by atoms with Crippen LogP contribution in [0.15, 0.2) is 45.7 Å². The second kappa shape index (κ2) is 6.60. The van der Waals surface area contributed by atoms with Crippen LogP contribution in [0.5, 0.6) is 0 Å². The van der Waals surface area contributed by atoms with Crippen molar-refractivity contribution >= 4 is 0 Å². The Morgan fingerprint density at radius 1 is 1.28 bits per heavy atom. The fourth-order valence-corrected chi connectivity index (χ4v) is 2.87. The zero-order valence-corrected chi connectivity index (χ0v) is 13.4.